The minimum Gasteiger partial charge on any atom is -0.331 e. The summed E-state index contributed by atoms with van der Waals surface area (Å²) >= 11 is 1.29. The zero-order valence-corrected chi connectivity index (χ0v) is 15.7. The van der Waals surface area contributed by atoms with E-state index < -0.39 is 18.2 Å². The van der Waals surface area contributed by atoms with Crippen molar-refractivity contribution in [2.75, 3.05) is 7.05 Å². The smallest absolute Gasteiger partial charge is 0.325 e. The minimum atomic E-state index is -0.584. The Hall–Kier alpha value is -2.94. The molecule has 1 aromatic heterocycles. The number of carbonyl (C=O) groups is 2. The third-order valence-electron chi connectivity index (χ3n) is 4.48. The Morgan fingerprint density at radius 2 is 1.96 bits per heavy atom. The second kappa shape index (κ2) is 6.99. The number of nitrogens with zero attached hydrogens (tertiary/aromatic N) is 5. The lowest BCUT2D eigenvalue weighted by Gasteiger charge is -2.36. The first kappa shape index (κ1) is 17.5. The number of carbonyl (C=O) groups excluding carboxylic acids is 2. The number of urea groups is 1. The molecule has 3 amide bonds. The molecule has 1 aromatic carbocycles. The Balaban J connectivity index is 1.68. The van der Waals surface area contributed by atoms with Crippen LogP contribution in [0, 0.1) is 6.92 Å². The van der Waals surface area contributed by atoms with Crippen molar-refractivity contribution in [3.63, 3.8) is 0 Å². The summed E-state index contributed by atoms with van der Waals surface area (Å²) in [5.41, 5.74) is 2.20. The monoisotopic (exact) mass is 382 g/mol. The molecule has 1 N–H and O–H groups in total. The fraction of sp³-hybridized carbons (Fsp3) is 0.278. The van der Waals surface area contributed by atoms with E-state index in [-0.39, 0.29) is 5.91 Å². The number of imide groups is 1. The van der Waals surface area contributed by atoms with Crippen LogP contribution in [0.2, 0.25) is 0 Å². The number of amides is 3. The van der Waals surface area contributed by atoms with Crippen LogP contribution >= 0.6 is 11.8 Å². The second-order valence-electron chi connectivity index (χ2n) is 6.43. The van der Waals surface area contributed by atoms with Gasteiger partial charge in [0, 0.05) is 26.0 Å². The van der Waals surface area contributed by atoms with Gasteiger partial charge in [-0.2, -0.15) is 0 Å². The normalized spacial score (nSPS) is 21.8. The van der Waals surface area contributed by atoms with Gasteiger partial charge < -0.3 is 9.80 Å². The van der Waals surface area contributed by atoms with Crippen LogP contribution in [0.25, 0.3) is 0 Å². The largest absolute Gasteiger partial charge is 0.331 e. The number of aromatic nitrogens is 2. The highest BCUT2D eigenvalue weighted by Gasteiger charge is 2.48. The Kier molecular flexibility index (Phi) is 4.53. The molecule has 9 heteroatoms. The van der Waals surface area contributed by atoms with Gasteiger partial charge in [-0.25, -0.2) is 19.8 Å². The molecule has 138 valence electrons. The zero-order valence-electron chi connectivity index (χ0n) is 14.9. The third kappa shape index (κ3) is 3.37. The number of aryl methyl sites for hydroxylation is 1. The van der Waals surface area contributed by atoms with Gasteiger partial charge in [0.25, 0.3) is 5.91 Å². The summed E-state index contributed by atoms with van der Waals surface area (Å²) in [6.45, 7) is 2.52. The lowest BCUT2D eigenvalue weighted by molar-refractivity contribution is -0.127. The average Bonchev–Trinajstić information content (AvgIpc) is 2.99. The topological polar surface area (TPSA) is 90.8 Å². The maximum absolute atomic E-state index is 12.6. The summed E-state index contributed by atoms with van der Waals surface area (Å²) < 4.78 is 0. The first-order valence-electron chi connectivity index (χ1n) is 8.45. The van der Waals surface area contributed by atoms with Crippen molar-refractivity contribution >= 4 is 28.9 Å². The van der Waals surface area contributed by atoms with Gasteiger partial charge in [0.2, 0.25) is 0 Å². The van der Waals surface area contributed by atoms with E-state index in [9.17, 15) is 9.59 Å². The van der Waals surface area contributed by atoms with Gasteiger partial charge in [-0.3, -0.25) is 10.1 Å². The summed E-state index contributed by atoms with van der Waals surface area (Å²) in [6, 6.07) is 8.81. The molecule has 0 aliphatic carbocycles. The molecule has 2 unspecified atom stereocenters. The molecule has 0 saturated carbocycles. The minimum absolute atomic E-state index is 0.343. The first-order valence-corrected chi connectivity index (χ1v) is 9.27. The number of likely N-dealkylation sites (N-methyl/N-ethyl adjacent to an activating group) is 1. The number of hydrogen-bond acceptors (Lipinski definition) is 7. The van der Waals surface area contributed by atoms with E-state index >= 15 is 0 Å². The lowest BCUT2D eigenvalue weighted by Crippen LogP contribution is -2.63. The summed E-state index contributed by atoms with van der Waals surface area (Å²) in [7, 11) is 1.64. The van der Waals surface area contributed by atoms with Crippen LogP contribution in [0.5, 0.6) is 0 Å². The Morgan fingerprint density at radius 3 is 2.70 bits per heavy atom. The molecule has 4 rings (SSSR count). The predicted octanol–water partition coefficient (Wildman–Crippen LogP) is 1.63. The van der Waals surface area contributed by atoms with Gasteiger partial charge in [0.15, 0.2) is 22.5 Å². The number of benzene rings is 1. The van der Waals surface area contributed by atoms with Crippen LogP contribution in [-0.4, -0.2) is 56.1 Å². The van der Waals surface area contributed by atoms with E-state index in [0.717, 1.165) is 11.1 Å². The Labute approximate surface area is 160 Å². The van der Waals surface area contributed by atoms with E-state index in [1.807, 2.05) is 30.0 Å². The second-order valence-corrected chi connectivity index (χ2v) is 7.36. The third-order valence-corrected chi connectivity index (χ3v) is 5.40. The van der Waals surface area contributed by atoms with Crippen molar-refractivity contribution < 1.29 is 9.59 Å². The molecule has 27 heavy (non-hydrogen) atoms. The van der Waals surface area contributed by atoms with Crippen LogP contribution in [0.3, 0.4) is 0 Å². The molecular weight excluding hydrogens is 364 g/mol. The van der Waals surface area contributed by atoms with E-state index in [0.29, 0.717) is 16.9 Å². The number of aliphatic imine (C=N–C) groups is 1. The van der Waals surface area contributed by atoms with E-state index in [2.05, 4.69) is 26.3 Å². The summed E-state index contributed by atoms with van der Waals surface area (Å²) in [6.07, 6.45) is 2.75. The molecule has 1 fully saturated rings. The Bertz CT molecular complexity index is 919. The summed E-state index contributed by atoms with van der Waals surface area (Å²) in [5, 5.41) is 3.56. The van der Waals surface area contributed by atoms with Gasteiger partial charge in [0.1, 0.15) is 0 Å². The standard InChI is InChI=1S/C18H18N6O2S/c1-11-5-3-6-12(9-11)10-24-13-14(23(2)17(26)22-15(13)25)21-18(24)27-16-19-7-4-8-20-16/h3-9,13-14H,10H2,1-2H3,(H,22,25,26). The van der Waals surface area contributed by atoms with Crippen molar-refractivity contribution in [3.8, 4) is 0 Å². The van der Waals surface area contributed by atoms with E-state index in [1.165, 1.54) is 16.7 Å². The van der Waals surface area contributed by atoms with Gasteiger partial charge in [-0.1, -0.05) is 29.8 Å². The molecule has 2 aliphatic rings. The quantitative estimate of drug-likeness (QED) is 0.812. The SMILES string of the molecule is Cc1cccc(CN2C(Sc3ncccn3)=NC3C2C(=O)NC(=O)N3C)c1. The van der Waals surface area contributed by atoms with Crippen molar-refractivity contribution in [1.29, 1.82) is 0 Å². The van der Waals surface area contributed by atoms with Crippen molar-refractivity contribution in [2.45, 2.75) is 30.8 Å². The van der Waals surface area contributed by atoms with Crippen LogP contribution in [0.1, 0.15) is 11.1 Å². The maximum Gasteiger partial charge on any atom is 0.325 e. The van der Waals surface area contributed by atoms with Gasteiger partial charge in [-0.15, -0.1) is 0 Å². The van der Waals surface area contributed by atoms with Crippen molar-refractivity contribution in [1.82, 2.24) is 25.1 Å². The van der Waals surface area contributed by atoms with Crippen LogP contribution < -0.4 is 5.32 Å². The van der Waals surface area contributed by atoms with Gasteiger partial charge >= 0.3 is 6.03 Å². The molecule has 1 saturated heterocycles. The van der Waals surface area contributed by atoms with Gasteiger partial charge in [0.05, 0.1) is 0 Å². The molecular formula is C18H18N6O2S. The van der Waals surface area contributed by atoms with Crippen LogP contribution in [0.15, 0.2) is 52.9 Å². The van der Waals surface area contributed by atoms with Crippen LogP contribution in [-0.2, 0) is 11.3 Å². The maximum atomic E-state index is 12.6. The zero-order chi connectivity index (χ0) is 19.0. The molecule has 0 bridgehead atoms. The lowest BCUT2D eigenvalue weighted by atomic mass is 10.1. The number of nitrogens with one attached hydrogen (secondary N) is 1. The van der Waals surface area contributed by atoms with Crippen molar-refractivity contribution in [2.24, 2.45) is 4.99 Å². The molecule has 3 heterocycles. The summed E-state index contributed by atoms with van der Waals surface area (Å²) in [5.74, 6) is -0.343. The number of amidine groups is 1. The van der Waals surface area contributed by atoms with E-state index in [1.54, 1.807) is 25.5 Å². The molecule has 8 nitrogen and oxygen atoms in total. The fourth-order valence-electron chi connectivity index (χ4n) is 3.18. The highest BCUT2D eigenvalue weighted by Crippen LogP contribution is 2.32. The number of rotatable bonds is 3. The molecule has 0 spiro atoms. The number of hydrogen-bond donors (Lipinski definition) is 1. The van der Waals surface area contributed by atoms with Crippen LogP contribution in [0.4, 0.5) is 4.79 Å². The highest BCUT2D eigenvalue weighted by molar-refractivity contribution is 8.13. The fourth-order valence-corrected chi connectivity index (χ4v) is 4.03. The van der Waals surface area contributed by atoms with Gasteiger partial charge in [-0.05, 0) is 30.3 Å². The molecule has 2 aliphatic heterocycles. The number of fused-ring (bicyclic) bond motifs is 1. The Morgan fingerprint density at radius 1 is 1.19 bits per heavy atom. The number of thioether (sulfide) groups is 1. The molecule has 2 aromatic rings. The first-order chi connectivity index (χ1) is 13.0. The van der Waals surface area contributed by atoms with Crippen molar-refractivity contribution in [3.05, 3.63) is 53.9 Å². The average molecular weight is 382 g/mol. The summed E-state index contributed by atoms with van der Waals surface area (Å²) in [4.78, 5) is 41.1. The predicted molar refractivity (Wildman–Crippen MR) is 101 cm³/mol. The highest BCUT2D eigenvalue weighted by atomic mass is 32.2. The molecule has 0 radical (unpaired) electrons. The molecule has 2 atom stereocenters. The van der Waals surface area contributed by atoms with E-state index in [4.69, 9.17) is 0 Å².